The van der Waals surface area contributed by atoms with Crippen LogP contribution >= 0.6 is 0 Å². The molecule has 0 amide bonds. The van der Waals surface area contributed by atoms with Crippen LogP contribution in [0.3, 0.4) is 0 Å². The Balaban J connectivity index is 3.97. The van der Waals surface area contributed by atoms with Gasteiger partial charge in [-0.05, 0) is 26.9 Å². The summed E-state index contributed by atoms with van der Waals surface area (Å²) in [6.45, 7) is 2.06. The minimum Gasteiger partial charge on any atom is -0.306 e. The topological polar surface area (TPSA) is 57.6 Å². The maximum absolute atomic E-state index is 10.5. The SMILES string of the molecule is CCCC(CCS(=O)(=O)O)N(C)C. The molecular formula is C8H19NO3S. The van der Waals surface area contributed by atoms with Gasteiger partial charge in [0.1, 0.15) is 0 Å². The molecule has 0 heterocycles. The van der Waals surface area contributed by atoms with Crippen molar-refractivity contribution in [3.63, 3.8) is 0 Å². The van der Waals surface area contributed by atoms with Crippen LogP contribution in [0.15, 0.2) is 0 Å². The van der Waals surface area contributed by atoms with E-state index in [-0.39, 0.29) is 11.8 Å². The first-order valence-electron chi connectivity index (χ1n) is 4.48. The lowest BCUT2D eigenvalue weighted by Gasteiger charge is -2.23. The molecule has 5 heteroatoms. The highest BCUT2D eigenvalue weighted by Gasteiger charge is 2.14. The van der Waals surface area contributed by atoms with E-state index in [1.54, 1.807) is 0 Å². The van der Waals surface area contributed by atoms with E-state index in [0.717, 1.165) is 12.8 Å². The number of hydrogen-bond acceptors (Lipinski definition) is 3. The molecule has 1 atom stereocenters. The summed E-state index contributed by atoms with van der Waals surface area (Å²) in [6, 6.07) is 0.243. The van der Waals surface area contributed by atoms with Gasteiger partial charge in [-0.2, -0.15) is 8.42 Å². The molecule has 0 radical (unpaired) electrons. The summed E-state index contributed by atoms with van der Waals surface area (Å²) >= 11 is 0. The maximum atomic E-state index is 10.5. The molecule has 13 heavy (non-hydrogen) atoms. The Kier molecular flexibility index (Phi) is 5.51. The van der Waals surface area contributed by atoms with Gasteiger partial charge >= 0.3 is 0 Å². The van der Waals surface area contributed by atoms with E-state index < -0.39 is 10.1 Å². The van der Waals surface area contributed by atoms with E-state index in [2.05, 4.69) is 6.92 Å². The Bertz CT molecular complexity index is 224. The van der Waals surface area contributed by atoms with Gasteiger partial charge in [-0.25, -0.2) is 0 Å². The first-order valence-corrected chi connectivity index (χ1v) is 6.09. The van der Waals surface area contributed by atoms with Crippen LogP contribution in [-0.4, -0.2) is 43.8 Å². The van der Waals surface area contributed by atoms with Crippen LogP contribution in [0.4, 0.5) is 0 Å². The predicted octanol–water partition coefficient (Wildman–Crippen LogP) is 0.995. The Morgan fingerprint density at radius 2 is 1.85 bits per heavy atom. The van der Waals surface area contributed by atoms with Gasteiger partial charge < -0.3 is 4.90 Å². The van der Waals surface area contributed by atoms with Gasteiger partial charge in [0.25, 0.3) is 10.1 Å². The minimum absolute atomic E-state index is 0.143. The van der Waals surface area contributed by atoms with Crippen molar-refractivity contribution in [2.24, 2.45) is 0 Å². The van der Waals surface area contributed by atoms with Crippen LogP contribution < -0.4 is 0 Å². The van der Waals surface area contributed by atoms with Crippen molar-refractivity contribution in [3.05, 3.63) is 0 Å². The summed E-state index contributed by atoms with van der Waals surface area (Å²) in [4.78, 5) is 1.99. The van der Waals surface area contributed by atoms with Crippen molar-refractivity contribution < 1.29 is 13.0 Å². The third-order valence-electron chi connectivity index (χ3n) is 2.06. The highest BCUT2D eigenvalue weighted by atomic mass is 32.2. The van der Waals surface area contributed by atoms with Gasteiger partial charge in [-0.15, -0.1) is 0 Å². The van der Waals surface area contributed by atoms with Crippen molar-refractivity contribution in [2.75, 3.05) is 19.8 Å². The minimum atomic E-state index is -3.80. The van der Waals surface area contributed by atoms with Crippen LogP contribution in [0.5, 0.6) is 0 Å². The Morgan fingerprint density at radius 1 is 1.31 bits per heavy atom. The molecule has 1 unspecified atom stereocenters. The van der Waals surface area contributed by atoms with Gasteiger partial charge in [0.2, 0.25) is 0 Å². The molecular weight excluding hydrogens is 190 g/mol. The Hall–Kier alpha value is -0.130. The van der Waals surface area contributed by atoms with E-state index in [1.807, 2.05) is 19.0 Å². The third kappa shape index (κ3) is 6.98. The molecule has 4 nitrogen and oxygen atoms in total. The second kappa shape index (κ2) is 5.57. The van der Waals surface area contributed by atoms with Crippen molar-refractivity contribution >= 4 is 10.1 Å². The summed E-state index contributed by atoms with van der Waals surface area (Å²) in [5, 5.41) is 0. The van der Waals surface area contributed by atoms with Crippen LogP contribution in [0.25, 0.3) is 0 Å². The normalized spacial score (nSPS) is 14.8. The fourth-order valence-electron chi connectivity index (χ4n) is 1.28. The van der Waals surface area contributed by atoms with E-state index >= 15 is 0 Å². The molecule has 0 bridgehead atoms. The lowest BCUT2D eigenvalue weighted by Crippen LogP contribution is -2.29. The van der Waals surface area contributed by atoms with Gasteiger partial charge in [0, 0.05) is 6.04 Å². The molecule has 80 valence electrons. The fraction of sp³-hybridized carbons (Fsp3) is 1.00. The lowest BCUT2D eigenvalue weighted by atomic mass is 10.1. The average Bonchev–Trinajstić information content (AvgIpc) is 1.95. The van der Waals surface area contributed by atoms with Crippen LogP contribution in [-0.2, 0) is 10.1 Å². The van der Waals surface area contributed by atoms with Crippen LogP contribution in [0, 0.1) is 0 Å². The molecule has 0 rings (SSSR count). The second-order valence-corrected chi connectivity index (χ2v) is 5.05. The quantitative estimate of drug-likeness (QED) is 0.663. The molecule has 0 aromatic heterocycles. The molecule has 0 aromatic carbocycles. The van der Waals surface area contributed by atoms with E-state index in [1.165, 1.54) is 0 Å². The molecule has 0 aliphatic rings. The summed E-state index contributed by atoms with van der Waals surface area (Å²) < 4.78 is 29.6. The summed E-state index contributed by atoms with van der Waals surface area (Å²) in [7, 11) is 0.0442. The first kappa shape index (κ1) is 12.9. The summed E-state index contributed by atoms with van der Waals surface area (Å²) in [5.41, 5.74) is 0. The third-order valence-corrected chi connectivity index (χ3v) is 2.81. The van der Waals surface area contributed by atoms with Gasteiger partial charge in [0.15, 0.2) is 0 Å². The number of nitrogens with zero attached hydrogens (tertiary/aromatic N) is 1. The smallest absolute Gasteiger partial charge is 0.264 e. The molecule has 0 aromatic rings. The highest BCUT2D eigenvalue weighted by molar-refractivity contribution is 7.85. The molecule has 0 aliphatic heterocycles. The van der Waals surface area contributed by atoms with Crippen molar-refractivity contribution in [1.82, 2.24) is 4.90 Å². The van der Waals surface area contributed by atoms with Crippen molar-refractivity contribution in [1.29, 1.82) is 0 Å². The van der Waals surface area contributed by atoms with E-state index in [4.69, 9.17) is 4.55 Å². The molecule has 0 spiro atoms. The van der Waals surface area contributed by atoms with E-state index in [9.17, 15) is 8.42 Å². The molecule has 1 N–H and O–H groups in total. The lowest BCUT2D eigenvalue weighted by molar-refractivity contribution is 0.269. The summed E-state index contributed by atoms with van der Waals surface area (Å²) in [5.74, 6) is -0.143. The maximum Gasteiger partial charge on any atom is 0.264 e. The number of rotatable bonds is 6. The molecule has 0 saturated heterocycles. The average molecular weight is 209 g/mol. The number of hydrogen-bond donors (Lipinski definition) is 1. The highest BCUT2D eigenvalue weighted by Crippen LogP contribution is 2.08. The molecule has 0 fully saturated rings. The second-order valence-electron chi connectivity index (χ2n) is 3.48. The van der Waals surface area contributed by atoms with E-state index in [0.29, 0.717) is 6.42 Å². The zero-order valence-corrected chi connectivity index (χ0v) is 9.34. The van der Waals surface area contributed by atoms with Crippen molar-refractivity contribution in [3.8, 4) is 0 Å². The fourth-order valence-corrected chi connectivity index (χ4v) is 1.85. The van der Waals surface area contributed by atoms with Crippen molar-refractivity contribution in [2.45, 2.75) is 32.2 Å². The largest absolute Gasteiger partial charge is 0.306 e. The molecule has 0 aliphatic carbocycles. The summed E-state index contributed by atoms with van der Waals surface area (Å²) in [6.07, 6.45) is 2.48. The van der Waals surface area contributed by atoms with Gasteiger partial charge in [-0.3, -0.25) is 4.55 Å². The molecule has 0 saturated carbocycles. The van der Waals surface area contributed by atoms with Crippen LogP contribution in [0.1, 0.15) is 26.2 Å². The zero-order chi connectivity index (χ0) is 10.5. The van der Waals surface area contributed by atoms with Gasteiger partial charge in [0.05, 0.1) is 5.75 Å². The van der Waals surface area contributed by atoms with Crippen LogP contribution in [0.2, 0.25) is 0 Å². The van der Waals surface area contributed by atoms with Gasteiger partial charge in [-0.1, -0.05) is 13.3 Å². The monoisotopic (exact) mass is 209 g/mol. The zero-order valence-electron chi connectivity index (χ0n) is 8.52. The Labute approximate surface area is 80.7 Å². The first-order chi connectivity index (χ1) is 5.87. The standard InChI is InChI=1S/C8H19NO3S/c1-4-5-8(9(2)3)6-7-13(10,11)12/h8H,4-7H2,1-3H3,(H,10,11,12). The Morgan fingerprint density at radius 3 is 2.15 bits per heavy atom. The predicted molar refractivity (Wildman–Crippen MR) is 53.4 cm³/mol.